The van der Waals surface area contributed by atoms with Crippen molar-refractivity contribution in [2.45, 2.75) is 46.3 Å². The largest absolute Gasteiger partial charge is 0.493 e. The molecule has 2 amide bonds. The van der Waals surface area contributed by atoms with Crippen LogP contribution < -0.4 is 20.5 Å². The van der Waals surface area contributed by atoms with Gasteiger partial charge in [0.05, 0.1) is 13.2 Å². The van der Waals surface area contributed by atoms with E-state index in [0.29, 0.717) is 17.1 Å². The topological polar surface area (TPSA) is 90.7 Å². The van der Waals surface area contributed by atoms with Gasteiger partial charge < -0.3 is 20.5 Å². The highest BCUT2D eigenvalue weighted by atomic mass is 16.5. The highest BCUT2D eigenvalue weighted by Gasteiger charge is 2.24. The molecule has 0 saturated carbocycles. The Hall–Kier alpha value is -2.24. The van der Waals surface area contributed by atoms with Gasteiger partial charge in [-0.1, -0.05) is 20.3 Å². The van der Waals surface area contributed by atoms with Gasteiger partial charge in [-0.2, -0.15) is 0 Å². The fraction of sp³-hybridized carbons (Fsp3) is 0.529. The van der Waals surface area contributed by atoms with Crippen LogP contribution in [0.3, 0.4) is 0 Å². The van der Waals surface area contributed by atoms with Gasteiger partial charge in [-0.3, -0.25) is 9.59 Å². The number of carbonyl (C=O) groups excluding carboxylic acids is 2. The summed E-state index contributed by atoms with van der Waals surface area (Å²) in [6.07, 6.45) is 0.728. The summed E-state index contributed by atoms with van der Waals surface area (Å²) in [5, 5.41) is 2.69. The van der Waals surface area contributed by atoms with Crippen molar-refractivity contribution in [2.24, 2.45) is 11.7 Å². The molecule has 0 aliphatic carbocycles. The van der Waals surface area contributed by atoms with Crippen LogP contribution >= 0.6 is 0 Å². The lowest BCUT2D eigenvalue weighted by Gasteiger charge is -2.21. The summed E-state index contributed by atoms with van der Waals surface area (Å²) in [5.41, 5.74) is 5.76. The molecule has 3 N–H and O–H groups in total. The first kappa shape index (κ1) is 18.8. The van der Waals surface area contributed by atoms with Gasteiger partial charge in [0.2, 0.25) is 5.91 Å². The smallest absolute Gasteiger partial charge is 0.252 e. The molecule has 0 fully saturated rings. The molecule has 0 saturated heterocycles. The van der Waals surface area contributed by atoms with Gasteiger partial charge >= 0.3 is 0 Å². The van der Waals surface area contributed by atoms with E-state index in [2.05, 4.69) is 5.32 Å². The van der Waals surface area contributed by atoms with Crippen molar-refractivity contribution in [1.82, 2.24) is 5.32 Å². The Kier molecular flexibility index (Phi) is 6.88. The maximum absolute atomic E-state index is 12.4. The fourth-order valence-electron chi connectivity index (χ4n) is 2.11. The normalized spacial score (nSPS) is 13.3. The van der Waals surface area contributed by atoms with Crippen LogP contribution in [0.15, 0.2) is 18.2 Å². The van der Waals surface area contributed by atoms with Gasteiger partial charge in [0.1, 0.15) is 6.04 Å². The van der Waals surface area contributed by atoms with Crippen LogP contribution in [0.4, 0.5) is 0 Å². The molecule has 0 aliphatic rings. The van der Waals surface area contributed by atoms with Crippen LogP contribution in [-0.2, 0) is 4.79 Å². The number of nitrogens with one attached hydrogen (secondary N) is 1. The number of nitrogens with two attached hydrogens (primary N) is 1. The van der Waals surface area contributed by atoms with E-state index in [0.717, 1.165) is 6.42 Å². The highest BCUT2D eigenvalue weighted by molar-refractivity contribution is 5.97. The van der Waals surface area contributed by atoms with Crippen LogP contribution in [0.2, 0.25) is 0 Å². The molecule has 0 aliphatic heterocycles. The molecule has 0 radical (unpaired) electrons. The van der Waals surface area contributed by atoms with Crippen molar-refractivity contribution < 1.29 is 19.1 Å². The van der Waals surface area contributed by atoms with Crippen molar-refractivity contribution >= 4 is 11.8 Å². The van der Waals surface area contributed by atoms with Crippen LogP contribution in [-0.4, -0.2) is 31.1 Å². The van der Waals surface area contributed by atoms with E-state index in [-0.39, 0.29) is 17.9 Å². The fourth-order valence-corrected chi connectivity index (χ4v) is 2.11. The maximum Gasteiger partial charge on any atom is 0.252 e. The molecule has 128 valence electrons. The minimum absolute atomic E-state index is 0.00628. The molecule has 0 heterocycles. The number of methoxy groups -OCH3 is 1. The molecule has 6 nitrogen and oxygen atoms in total. The molecule has 6 heteroatoms. The number of rotatable bonds is 8. The average molecular weight is 322 g/mol. The molecule has 0 spiro atoms. The van der Waals surface area contributed by atoms with Crippen molar-refractivity contribution in [2.75, 3.05) is 7.11 Å². The van der Waals surface area contributed by atoms with Crippen LogP contribution in [0.25, 0.3) is 0 Å². The zero-order valence-electron chi connectivity index (χ0n) is 14.4. The van der Waals surface area contributed by atoms with Crippen LogP contribution in [0.1, 0.15) is 44.5 Å². The van der Waals surface area contributed by atoms with E-state index < -0.39 is 11.9 Å². The molecule has 1 aromatic rings. The summed E-state index contributed by atoms with van der Waals surface area (Å²) in [5.74, 6) is 0.0720. The van der Waals surface area contributed by atoms with Crippen LogP contribution in [0.5, 0.6) is 11.5 Å². The summed E-state index contributed by atoms with van der Waals surface area (Å²) in [6, 6.07) is 4.19. The number of hydrogen-bond donors (Lipinski definition) is 2. The third-order valence-electron chi connectivity index (χ3n) is 3.59. The minimum atomic E-state index is -0.704. The Morgan fingerprint density at radius 1 is 1.22 bits per heavy atom. The van der Waals surface area contributed by atoms with Gasteiger partial charge in [0, 0.05) is 5.56 Å². The molecule has 2 unspecified atom stereocenters. The Morgan fingerprint density at radius 3 is 2.35 bits per heavy atom. The minimum Gasteiger partial charge on any atom is -0.493 e. The van der Waals surface area contributed by atoms with Gasteiger partial charge in [-0.25, -0.2) is 0 Å². The zero-order chi connectivity index (χ0) is 17.6. The van der Waals surface area contributed by atoms with Gasteiger partial charge in [-0.05, 0) is 38.0 Å². The molecule has 1 rings (SSSR count). The summed E-state index contributed by atoms with van der Waals surface area (Å²) in [6.45, 7) is 7.62. The highest BCUT2D eigenvalue weighted by Crippen LogP contribution is 2.29. The average Bonchev–Trinajstić information content (AvgIpc) is 2.51. The first-order valence-corrected chi connectivity index (χ1v) is 7.75. The Morgan fingerprint density at radius 2 is 1.87 bits per heavy atom. The lowest BCUT2D eigenvalue weighted by molar-refractivity contribution is -0.120. The Labute approximate surface area is 137 Å². The first-order chi connectivity index (χ1) is 10.8. The number of carbonyl (C=O) groups is 2. The van der Waals surface area contributed by atoms with E-state index in [9.17, 15) is 9.59 Å². The van der Waals surface area contributed by atoms with E-state index in [1.807, 2.05) is 27.7 Å². The van der Waals surface area contributed by atoms with Crippen molar-refractivity contribution in [3.05, 3.63) is 23.8 Å². The first-order valence-electron chi connectivity index (χ1n) is 7.75. The molecule has 23 heavy (non-hydrogen) atoms. The number of ether oxygens (including phenoxy) is 2. The van der Waals surface area contributed by atoms with Gasteiger partial charge in [0.15, 0.2) is 11.5 Å². The number of benzene rings is 1. The number of hydrogen-bond acceptors (Lipinski definition) is 4. The molecule has 0 aromatic heterocycles. The van der Waals surface area contributed by atoms with E-state index in [4.69, 9.17) is 15.2 Å². The number of primary amides is 1. The molecule has 0 bridgehead atoms. The third-order valence-corrected chi connectivity index (χ3v) is 3.59. The van der Waals surface area contributed by atoms with Crippen molar-refractivity contribution in [1.29, 1.82) is 0 Å². The SMILES string of the molecule is CCC(C)C(NC(=O)c1ccc(OC(C)C)c(OC)c1)C(N)=O. The second-order valence-electron chi connectivity index (χ2n) is 5.77. The third kappa shape index (κ3) is 5.16. The molecule has 1 aromatic carbocycles. The monoisotopic (exact) mass is 322 g/mol. The Balaban J connectivity index is 2.97. The van der Waals surface area contributed by atoms with Gasteiger partial charge in [0.25, 0.3) is 5.91 Å². The second kappa shape index (κ2) is 8.41. The van der Waals surface area contributed by atoms with Crippen molar-refractivity contribution in [3.63, 3.8) is 0 Å². The summed E-state index contributed by atoms with van der Waals surface area (Å²) >= 11 is 0. The summed E-state index contributed by atoms with van der Waals surface area (Å²) in [4.78, 5) is 23.9. The molecular formula is C17H26N2O4. The molecular weight excluding hydrogens is 296 g/mol. The van der Waals surface area contributed by atoms with E-state index in [1.54, 1.807) is 18.2 Å². The summed E-state index contributed by atoms with van der Waals surface area (Å²) in [7, 11) is 1.51. The second-order valence-corrected chi connectivity index (χ2v) is 5.77. The lowest BCUT2D eigenvalue weighted by atomic mass is 9.98. The quantitative estimate of drug-likeness (QED) is 0.767. The lowest BCUT2D eigenvalue weighted by Crippen LogP contribution is -2.48. The van der Waals surface area contributed by atoms with E-state index >= 15 is 0 Å². The maximum atomic E-state index is 12.4. The zero-order valence-corrected chi connectivity index (χ0v) is 14.4. The predicted octanol–water partition coefficient (Wildman–Crippen LogP) is 2.11. The van der Waals surface area contributed by atoms with Crippen molar-refractivity contribution in [3.8, 4) is 11.5 Å². The van der Waals surface area contributed by atoms with E-state index in [1.165, 1.54) is 7.11 Å². The van der Waals surface area contributed by atoms with Crippen LogP contribution in [0, 0.1) is 5.92 Å². The predicted molar refractivity (Wildman–Crippen MR) is 88.7 cm³/mol. The number of amides is 2. The summed E-state index contributed by atoms with van der Waals surface area (Å²) < 4.78 is 10.9. The van der Waals surface area contributed by atoms with Gasteiger partial charge in [-0.15, -0.1) is 0 Å². The molecule has 2 atom stereocenters. The standard InChI is InChI=1S/C17H26N2O4/c1-6-11(4)15(16(18)20)19-17(21)12-7-8-13(23-10(2)3)14(9-12)22-5/h7-11,15H,6H2,1-5H3,(H2,18,20)(H,19,21). The Bertz CT molecular complexity index is 558.